The van der Waals surface area contributed by atoms with E-state index >= 15 is 0 Å². The van der Waals surface area contributed by atoms with Gasteiger partial charge in [-0.05, 0) is 18.1 Å². The predicted octanol–water partition coefficient (Wildman–Crippen LogP) is 3.42. The SMILES string of the molecule is Cc1ccccc1CO/N=[C]\C(C)(C)C. The maximum absolute atomic E-state index is 5.19. The van der Waals surface area contributed by atoms with Gasteiger partial charge in [-0.25, -0.2) is 0 Å². The highest BCUT2D eigenvalue weighted by Gasteiger charge is 2.06. The van der Waals surface area contributed by atoms with Crippen LogP contribution in [-0.4, -0.2) is 6.21 Å². The molecule has 1 radical (unpaired) electrons. The van der Waals surface area contributed by atoms with Gasteiger partial charge in [0.2, 0.25) is 0 Å². The molecule has 0 atom stereocenters. The Hall–Kier alpha value is -1.31. The standard InChI is InChI=1S/C13H18NO/c1-11-7-5-6-8-12(11)9-15-14-10-13(2,3)4/h5-8H,9H2,1-4H3. The van der Waals surface area contributed by atoms with Crippen LogP contribution in [-0.2, 0) is 11.4 Å². The maximum atomic E-state index is 5.19. The van der Waals surface area contributed by atoms with Crippen molar-refractivity contribution in [3.05, 3.63) is 35.4 Å². The molecule has 0 fully saturated rings. The first-order chi connectivity index (χ1) is 6.99. The van der Waals surface area contributed by atoms with Crippen molar-refractivity contribution in [2.45, 2.75) is 34.3 Å². The number of hydrogen-bond acceptors (Lipinski definition) is 2. The van der Waals surface area contributed by atoms with Gasteiger partial charge in [0.05, 0.1) is 0 Å². The van der Waals surface area contributed by atoms with E-state index in [-0.39, 0.29) is 5.41 Å². The average Bonchev–Trinajstić information content (AvgIpc) is 2.13. The molecular weight excluding hydrogens is 186 g/mol. The highest BCUT2D eigenvalue weighted by Crippen LogP contribution is 2.10. The lowest BCUT2D eigenvalue weighted by Gasteiger charge is -2.08. The van der Waals surface area contributed by atoms with Crippen molar-refractivity contribution in [2.75, 3.05) is 0 Å². The zero-order chi connectivity index (χ0) is 11.3. The van der Waals surface area contributed by atoms with E-state index in [9.17, 15) is 0 Å². The molecule has 2 nitrogen and oxygen atoms in total. The van der Waals surface area contributed by atoms with Crippen LogP contribution in [0.2, 0.25) is 0 Å². The van der Waals surface area contributed by atoms with Crippen molar-refractivity contribution in [3.63, 3.8) is 0 Å². The van der Waals surface area contributed by atoms with E-state index in [4.69, 9.17) is 4.84 Å². The second-order valence-electron chi connectivity index (χ2n) is 4.65. The molecule has 1 rings (SSSR count). The monoisotopic (exact) mass is 204 g/mol. The van der Waals surface area contributed by atoms with Gasteiger partial charge in [0, 0.05) is 5.41 Å². The van der Waals surface area contributed by atoms with Crippen LogP contribution >= 0.6 is 0 Å². The van der Waals surface area contributed by atoms with Crippen LogP contribution in [0.3, 0.4) is 0 Å². The summed E-state index contributed by atoms with van der Waals surface area (Å²) in [7, 11) is 0. The van der Waals surface area contributed by atoms with Gasteiger partial charge in [-0.1, -0.05) is 50.2 Å². The number of benzene rings is 1. The lowest BCUT2D eigenvalue weighted by atomic mass is 10.00. The fourth-order valence-corrected chi connectivity index (χ4v) is 1.04. The quantitative estimate of drug-likeness (QED) is 0.546. The van der Waals surface area contributed by atoms with Gasteiger partial charge in [-0.3, -0.25) is 0 Å². The summed E-state index contributed by atoms with van der Waals surface area (Å²) in [4.78, 5) is 5.19. The molecule has 0 aliphatic heterocycles. The molecule has 0 N–H and O–H groups in total. The smallest absolute Gasteiger partial charge is 0.142 e. The molecule has 0 heterocycles. The van der Waals surface area contributed by atoms with Gasteiger partial charge in [-0.15, -0.1) is 0 Å². The van der Waals surface area contributed by atoms with E-state index in [2.05, 4.69) is 24.4 Å². The third-order valence-electron chi connectivity index (χ3n) is 1.93. The Labute approximate surface area is 91.9 Å². The van der Waals surface area contributed by atoms with E-state index in [0.29, 0.717) is 6.61 Å². The number of aryl methyl sites for hydroxylation is 1. The summed E-state index contributed by atoms with van der Waals surface area (Å²) in [6.07, 6.45) is 2.91. The van der Waals surface area contributed by atoms with E-state index in [0.717, 1.165) is 5.56 Å². The summed E-state index contributed by atoms with van der Waals surface area (Å²) in [6, 6.07) is 8.13. The van der Waals surface area contributed by atoms with Crippen LogP contribution in [0.15, 0.2) is 29.4 Å². The van der Waals surface area contributed by atoms with Crippen LogP contribution in [0.4, 0.5) is 0 Å². The molecule has 0 aromatic heterocycles. The van der Waals surface area contributed by atoms with Crippen molar-refractivity contribution in [3.8, 4) is 0 Å². The normalized spacial score (nSPS) is 12.0. The number of nitrogens with zero attached hydrogens (tertiary/aromatic N) is 1. The topological polar surface area (TPSA) is 21.6 Å². The Morgan fingerprint density at radius 1 is 1.27 bits per heavy atom. The molecule has 0 spiro atoms. The molecule has 0 saturated heterocycles. The Morgan fingerprint density at radius 2 is 1.93 bits per heavy atom. The Morgan fingerprint density at radius 3 is 2.53 bits per heavy atom. The summed E-state index contributed by atoms with van der Waals surface area (Å²) in [5.74, 6) is 0. The first-order valence-electron chi connectivity index (χ1n) is 5.13. The largest absolute Gasteiger partial charge is 0.391 e. The molecule has 0 aliphatic rings. The minimum Gasteiger partial charge on any atom is -0.391 e. The zero-order valence-electron chi connectivity index (χ0n) is 9.87. The molecule has 2 heteroatoms. The minimum atomic E-state index is -0.0499. The molecule has 1 aromatic rings. The first-order valence-corrected chi connectivity index (χ1v) is 5.13. The third-order valence-corrected chi connectivity index (χ3v) is 1.93. The Kier molecular flexibility index (Phi) is 3.89. The van der Waals surface area contributed by atoms with E-state index in [1.165, 1.54) is 5.56 Å². The van der Waals surface area contributed by atoms with Crippen LogP contribution in [0.25, 0.3) is 0 Å². The molecule has 15 heavy (non-hydrogen) atoms. The second-order valence-corrected chi connectivity index (χ2v) is 4.65. The number of rotatable bonds is 3. The minimum absolute atomic E-state index is 0.0499. The van der Waals surface area contributed by atoms with Crippen molar-refractivity contribution in [2.24, 2.45) is 10.6 Å². The molecule has 0 amide bonds. The van der Waals surface area contributed by atoms with Crippen molar-refractivity contribution < 1.29 is 4.84 Å². The summed E-state index contributed by atoms with van der Waals surface area (Å²) in [6.45, 7) is 8.68. The average molecular weight is 204 g/mol. The summed E-state index contributed by atoms with van der Waals surface area (Å²) in [5, 5.41) is 3.83. The summed E-state index contributed by atoms with van der Waals surface area (Å²) in [5.41, 5.74) is 2.34. The zero-order valence-corrected chi connectivity index (χ0v) is 9.87. The highest BCUT2D eigenvalue weighted by atomic mass is 16.6. The molecule has 81 valence electrons. The van der Waals surface area contributed by atoms with Gasteiger partial charge < -0.3 is 4.84 Å². The third kappa shape index (κ3) is 4.63. The van der Waals surface area contributed by atoms with Gasteiger partial charge in [-0.2, -0.15) is 0 Å². The van der Waals surface area contributed by atoms with Crippen LogP contribution in [0.1, 0.15) is 31.9 Å². The van der Waals surface area contributed by atoms with Crippen LogP contribution in [0, 0.1) is 12.3 Å². The van der Waals surface area contributed by atoms with Crippen LogP contribution < -0.4 is 0 Å². The Bertz CT molecular complexity index is 337. The van der Waals surface area contributed by atoms with E-state index in [1.807, 2.05) is 39.0 Å². The molecule has 1 aromatic carbocycles. The van der Waals surface area contributed by atoms with Gasteiger partial charge >= 0.3 is 0 Å². The van der Waals surface area contributed by atoms with Crippen molar-refractivity contribution in [1.29, 1.82) is 0 Å². The van der Waals surface area contributed by atoms with Crippen molar-refractivity contribution in [1.82, 2.24) is 0 Å². The van der Waals surface area contributed by atoms with Gasteiger partial charge in [0.25, 0.3) is 0 Å². The van der Waals surface area contributed by atoms with E-state index in [1.54, 1.807) is 0 Å². The van der Waals surface area contributed by atoms with Gasteiger partial charge in [0.1, 0.15) is 12.8 Å². The molecule has 0 aliphatic carbocycles. The summed E-state index contributed by atoms with van der Waals surface area (Å²) < 4.78 is 0. The summed E-state index contributed by atoms with van der Waals surface area (Å²) >= 11 is 0. The lowest BCUT2D eigenvalue weighted by molar-refractivity contribution is 0.129. The Balaban J connectivity index is 2.45. The van der Waals surface area contributed by atoms with Crippen LogP contribution in [0.5, 0.6) is 0 Å². The number of hydrogen-bond donors (Lipinski definition) is 0. The molecule has 0 saturated carbocycles. The van der Waals surface area contributed by atoms with Gasteiger partial charge in [0.15, 0.2) is 0 Å². The predicted molar refractivity (Wildman–Crippen MR) is 62.9 cm³/mol. The maximum Gasteiger partial charge on any atom is 0.142 e. The molecule has 0 unspecified atom stereocenters. The lowest BCUT2D eigenvalue weighted by Crippen LogP contribution is -2.06. The fourth-order valence-electron chi connectivity index (χ4n) is 1.04. The first kappa shape index (κ1) is 11.8. The second kappa shape index (κ2) is 4.96. The molecular formula is C13H18NO. The highest BCUT2D eigenvalue weighted by molar-refractivity contribution is 5.63. The fraction of sp³-hybridized carbons (Fsp3) is 0.462. The van der Waals surface area contributed by atoms with E-state index < -0.39 is 0 Å². The molecule has 0 bridgehead atoms. The van der Waals surface area contributed by atoms with Crippen molar-refractivity contribution >= 4 is 6.21 Å².